The number of hydrogen-bond acceptors (Lipinski definition) is 5. The molecule has 0 saturated heterocycles. The van der Waals surface area contributed by atoms with E-state index in [1.165, 1.54) is 11.0 Å². The number of carbonyl (C=O) groups is 1. The molecule has 6 nitrogen and oxygen atoms in total. The Hall–Kier alpha value is -3.06. The van der Waals surface area contributed by atoms with Gasteiger partial charge in [0, 0.05) is 5.69 Å². The number of hydrogen-bond donors (Lipinski definition) is 1. The van der Waals surface area contributed by atoms with E-state index >= 15 is 0 Å². The minimum absolute atomic E-state index is 0.258. The lowest BCUT2D eigenvalue weighted by atomic mass is 10.3. The Labute approximate surface area is 141 Å². The van der Waals surface area contributed by atoms with Gasteiger partial charge in [0.1, 0.15) is 0 Å². The topological polar surface area (TPSA) is 72.7 Å². The van der Waals surface area contributed by atoms with Crippen molar-refractivity contribution in [1.82, 2.24) is 20.0 Å². The van der Waals surface area contributed by atoms with Crippen molar-refractivity contribution in [3.8, 4) is 5.69 Å². The number of nitrogens with zero attached hydrogens (tertiary/aromatic N) is 4. The third-order valence-electron chi connectivity index (χ3n) is 3.46. The fourth-order valence-electron chi connectivity index (χ4n) is 2.37. The Morgan fingerprint density at radius 2 is 2.00 bits per heavy atom. The van der Waals surface area contributed by atoms with Gasteiger partial charge in [-0.25, -0.2) is 4.98 Å². The Balaban J connectivity index is 1.56. The molecule has 24 heavy (non-hydrogen) atoms. The maximum Gasteiger partial charge on any atom is 0.277 e. The highest BCUT2D eigenvalue weighted by molar-refractivity contribution is 7.18. The van der Waals surface area contributed by atoms with E-state index in [2.05, 4.69) is 20.5 Å². The van der Waals surface area contributed by atoms with Gasteiger partial charge in [0.05, 0.1) is 27.1 Å². The minimum atomic E-state index is -0.302. The molecule has 0 radical (unpaired) electrons. The standard InChI is InChI=1S/C17H13N5OS/c1-11-19-14-9-12(7-8-16(14)24-11)20-17(23)15-10-18-22(21-15)13-5-3-2-4-6-13/h2-10H,1H3,(H,20,23). The number of aryl methyl sites for hydroxylation is 1. The van der Waals surface area contributed by atoms with Crippen molar-refractivity contribution < 1.29 is 4.79 Å². The van der Waals surface area contributed by atoms with Crippen LogP contribution in [0.1, 0.15) is 15.5 Å². The van der Waals surface area contributed by atoms with Gasteiger partial charge in [0.15, 0.2) is 5.69 Å². The van der Waals surface area contributed by atoms with E-state index in [0.717, 1.165) is 20.9 Å². The molecular formula is C17H13N5OS. The Morgan fingerprint density at radius 3 is 2.83 bits per heavy atom. The first-order valence-electron chi connectivity index (χ1n) is 7.35. The van der Waals surface area contributed by atoms with E-state index in [-0.39, 0.29) is 11.6 Å². The van der Waals surface area contributed by atoms with Crippen molar-refractivity contribution in [2.45, 2.75) is 6.92 Å². The minimum Gasteiger partial charge on any atom is -0.320 e. The van der Waals surface area contributed by atoms with E-state index in [1.807, 2.05) is 55.5 Å². The molecule has 0 saturated carbocycles. The summed E-state index contributed by atoms with van der Waals surface area (Å²) in [5.74, 6) is -0.302. The summed E-state index contributed by atoms with van der Waals surface area (Å²) in [6.45, 7) is 1.96. The van der Waals surface area contributed by atoms with Crippen molar-refractivity contribution in [2.75, 3.05) is 5.32 Å². The van der Waals surface area contributed by atoms with E-state index in [0.29, 0.717) is 5.69 Å². The fraction of sp³-hybridized carbons (Fsp3) is 0.0588. The van der Waals surface area contributed by atoms with Gasteiger partial charge in [-0.1, -0.05) is 18.2 Å². The molecule has 0 spiro atoms. The Kier molecular flexibility index (Phi) is 3.55. The molecule has 0 fully saturated rings. The average molecular weight is 335 g/mol. The molecule has 4 aromatic rings. The molecule has 0 aliphatic carbocycles. The lowest BCUT2D eigenvalue weighted by Gasteiger charge is -2.02. The number of anilines is 1. The quantitative estimate of drug-likeness (QED) is 0.622. The van der Waals surface area contributed by atoms with Gasteiger partial charge in [-0.15, -0.1) is 16.4 Å². The average Bonchev–Trinajstić information content (AvgIpc) is 3.21. The summed E-state index contributed by atoms with van der Waals surface area (Å²) in [5.41, 5.74) is 2.62. The number of thiazole rings is 1. The van der Waals surface area contributed by atoms with Crippen LogP contribution in [0.5, 0.6) is 0 Å². The molecule has 7 heteroatoms. The van der Waals surface area contributed by atoms with Crippen LogP contribution >= 0.6 is 11.3 Å². The molecule has 118 valence electrons. The number of para-hydroxylation sites is 1. The van der Waals surface area contributed by atoms with Crippen LogP contribution in [0.15, 0.2) is 54.7 Å². The molecule has 2 aromatic heterocycles. The van der Waals surface area contributed by atoms with Crippen LogP contribution in [0.25, 0.3) is 15.9 Å². The number of amides is 1. The SMILES string of the molecule is Cc1nc2cc(NC(=O)c3cnn(-c4ccccc4)n3)ccc2s1. The molecule has 0 atom stereocenters. The summed E-state index contributed by atoms with van der Waals surface area (Å²) in [6, 6.07) is 15.1. The van der Waals surface area contributed by atoms with E-state index in [1.54, 1.807) is 11.3 Å². The molecular weight excluding hydrogens is 322 g/mol. The zero-order chi connectivity index (χ0) is 16.5. The first-order valence-corrected chi connectivity index (χ1v) is 8.17. The fourth-order valence-corrected chi connectivity index (χ4v) is 3.18. The third kappa shape index (κ3) is 2.77. The lowest BCUT2D eigenvalue weighted by Crippen LogP contribution is -2.13. The summed E-state index contributed by atoms with van der Waals surface area (Å²) in [6.07, 6.45) is 1.45. The predicted molar refractivity (Wildman–Crippen MR) is 93.7 cm³/mol. The summed E-state index contributed by atoms with van der Waals surface area (Å²) in [7, 11) is 0. The van der Waals surface area contributed by atoms with Crippen LogP contribution in [0, 0.1) is 6.92 Å². The van der Waals surface area contributed by atoms with Crippen LogP contribution < -0.4 is 5.32 Å². The number of aromatic nitrogens is 4. The van der Waals surface area contributed by atoms with Crippen molar-refractivity contribution in [3.05, 3.63) is 65.4 Å². The summed E-state index contributed by atoms with van der Waals surface area (Å²) < 4.78 is 1.10. The molecule has 0 bridgehead atoms. The molecule has 2 aromatic carbocycles. The van der Waals surface area contributed by atoms with Gasteiger partial charge in [0.25, 0.3) is 5.91 Å². The maximum atomic E-state index is 12.4. The van der Waals surface area contributed by atoms with Crippen molar-refractivity contribution >= 4 is 33.1 Å². The zero-order valence-electron chi connectivity index (χ0n) is 12.8. The second-order valence-electron chi connectivity index (χ2n) is 5.22. The van der Waals surface area contributed by atoms with Crippen LogP contribution in [0.2, 0.25) is 0 Å². The first kappa shape index (κ1) is 14.5. The number of nitrogens with one attached hydrogen (secondary N) is 1. The van der Waals surface area contributed by atoms with E-state index in [9.17, 15) is 4.79 Å². The zero-order valence-corrected chi connectivity index (χ0v) is 13.6. The van der Waals surface area contributed by atoms with Crippen LogP contribution in [-0.4, -0.2) is 25.9 Å². The Bertz CT molecular complexity index is 1020. The molecule has 4 rings (SSSR count). The second kappa shape index (κ2) is 5.86. The predicted octanol–water partition coefficient (Wildman–Crippen LogP) is 3.44. The highest BCUT2D eigenvalue weighted by Gasteiger charge is 2.12. The normalized spacial score (nSPS) is 10.9. The highest BCUT2D eigenvalue weighted by atomic mass is 32.1. The van der Waals surface area contributed by atoms with E-state index in [4.69, 9.17) is 0 Å². The van der Waals surface area contributed by atoms with Gasteiger partial charge < -0.3 is 5.32 Å². The molecule has 2 heterocycles. The molecule has 0 unspecified atom stereocenters. The largest absolute Gasteiger partial charge is 0.320 e. The van der Waals surface area contributed by atoms with Crippen molar-refractivity contribution in [1.29, 1.82) is 0 Å². The summed E-state index contributed by atoms with van der Waals surface area (Å²) in [5, 5.41) is 12.2. The van der Waals surface area contributed by atoms with Gasteiger partial charge in [0.2, 0.25) is 0 Å². The number of rotatable bonds is 3. The summed E-state index contributed by atoms with van der Waals surface area (Å²) in [4.78, 5) is 18.2. The second-order valence-corrected chi connectivity index (χ2v) is 6.46. The monoisotopic (exact) mass is 335 g/mol. The number of benzene rings is 2. The maximum absolute atomic E-state index is 12.4. The Morgan fingerprint density at radius 1 is 1.17 bits per heavy atom. The first-order chi connectivity index (χ1) is 11.7. The van der Waals surface area contributed by atoms with Gasteiger partial charge >= 0.3 is 0 Å². The third-order valence-corrected chi connectivity index (χ3v) is 4.42. The van der Waals surface area contributed by atoms with Gasteiger partial charge in [-0.05, 0) is 37.3 Å². The van der Waals surface area contributed by atoms with Crippen LogP contribution in [0.3, 0.4) is 0 Å². The molecule has 1 amide bonds. The molecule has 0 aliphatic heterocycles. The molecule has 0 aliphatic rings. The highest BCUT2D eigenvalue weighted by Crippen LogP contribution is 2.24. The summed E-state index contributed by atoms with van der Waals surface area (Å²) >= 11 is 1.63. The lowest BCUT2D eigenvalue weighted by molar-refractivity contribution is 0.102. The van der Waals surface area contributed by atoms with Crippen molar-refractivity contribution in [3.63, 3.8) is 0 Å². The number of fused-ring (bicyclic) bond motifs is 1. The van der Waals surface area contributed by atoms with Gasteiger partial charge in [-0.3, -0.25) is 4.79 Å². The van der Waals surface area contributed by atoms with Crippen LogP contribution in [0.4, 0.5) is 5.69 Å². The smallest absolute Gasteiger partial charge is 0.277 e. The molecule has 1 N–H and O–H groups in total. The number of carbonyl (C=O) groups excluding carboxylic acids is 1. The van der Waals surface area contributed by atoms with Crippen LogP contribution in [-0.2, 0) is 0 Å². The van der Waals surface area contributed by atoms with Crippen molar-refractivity contribution in [2.24, 2.45) is 0 Å². The van der Waals surface area contributed by atoms with Gasteiger partial charge in [-0.2, -0.15) is 9.90 Å². The van der Waals surface area contributed by atoms with E-state index < -0.39 is 0 Å².